The zero-order chi connectivity index (χ0) is 30.9. The molecule has 3 fully saturated rings. The van der Waals surface area contributed by atoms with Crippen molar-refractivity contribution in [2.24, 2.45) is 16.7 Å². The Kier molecular flexibility index (Phi) is 8.84. The molecule has 2 saturated heterocycles. The van der Waals surface area contributed by atoms with Gasteiger partial charge >= 0.3 is 6.03 Å². The maximum atomic E-state index is 12.7. The molecular formula is C37H47N3O4. The molecule has 1 saturated carbocycles. The predicted octanol–water partition coefficient (Wildman–Crippen LogP) is 7.19. The molecule has 3 aromatic carbocycles. The van der Waals surface area contributed by atoms with E-state index in [4.69, 9.17) is 9.47 Å². The standard InChI is InChI=1S/C37H47N3O4/c1-25-32(21-40-24-37(4)19-31(40)18-36(2,3)23-37)43-34(44-33(25)28-15-13-27(22-41)14-16-28)29-11-8-12-30(17-29)39-35(42)38-20-26-9-6-5-7-10-26/h5-17,25,31-34,41H,18-24H2,1-4H3,(H2,38,39,42)/t25-,31?,32+,33+,34+,37?/m0/s1. The quantitative estimate of drug-likeness (QED) is 0.256. The SMILES string of the molecule is C[C@H]1[C@@H](CN2CC3(C)CC2CC(C)(C)C3)O[C@@H](c2cccc(NC(=O)NCc3ccccc3)c2)O[C@H]1c1ccc(CO)cc1. The van der Waals surface area contributed by atoms with E-state index in [-0.39, 0.29) is 30.8 Å². The van der Waals surface area contributed by atoms with E-state index in [1.807, 2.05) is 66.7 Å². The summed E-state index contributed by atoms with van der Waals surface area (Å²) in [4.78, 5) is 15.4. The first-order chi connectivity index (χ1) is 21.1. The van der Waals surface area contributed by atoms with Crippen molar-refractivity contribution < 1.29 is 19.4 Å². The Hall–Kier alpha value is -3.23. The van der Waals surface area contributed by atoms with Gasteiger partial charge in [-0.15, -0.1) is 0 Å². The third kappa shape index (κ3) is 7.02. The fourth-order valence-corrected chi connectivity index (χ4v) is 8.07. The number of urea groups is 1. The topological polar surface area (TPSA) is 83.1 Å². The monoisotopic (exact) mass is 597 g/mol. The van der Waals surface area contributed by atoms with Gasteiger partial charge in [-0.3, -0.25) is 4.90 Å². The third-order valence-corrected chi connectivity index (χ3v) is 9.77. The van der Waals surface area contributed by atoms with Crippen LogP contribution in [0.15, 0.2) is 78.9 Å². The van der Waals surface area contributed by atoms with E-state index < -0.39 is 6.29 Å². The average molecular weight is 598 g/mol. The van der Waals surface area contributed by atoms with Crippen LogP contribution in [0.5, 0.6) is 0 Å². The first-order valence-electron chi connectivity index (χ1n) is 16.0. The molecule has 3 N–H and O–H groups in total. The summed E-state index contributed by atoms with van der Waals surface area (Å²) in [5.74, 6) is 0.123. The van der Waals surface area contributed by atoms with Crippen molar-refractivity contribution in [3.63, 3.8) is 0 Å². The smallest absolute Gasteiger partial charge is 0.319 e. The summed E-state index contributed by atoms with van der Waals surface area (Å²) < 4.78 is 13.5. The Morgan fingerprint density at radius 1 is 0.932 bits per heavy atom. The largest absolute Gasteiger partial charge is 0.392 e. The highest BCUT2D eigenvalue weighted by atomic mass is 16.7. The van der Waals surface area contributed by atoms with E-state index in [9.17, 15) is 9.90 Å². The highest BCUT2D eigenvalue weighted by molar-refractivity contribution is 5.89. The summed E-state index contributed by atoms with van der Waals surface area (Å²) in [5.41, 5.74) is 5.26. The molecule has 2 amide bonds. The van der Waals surface area contributed by atoms with Crippen LogP contribution < -0.4 is 10.6 Å². The number of amides is 2. The average Bonchev–Trinajstić information content (AvgIpc) is 3.24. The molecule has 44 heavy (non-hydrogen) atoms. The molecule has 7 nitrogen and oxygen atoms in total. The number of fused-ring (bicyclic) bond motifs is 2. The summed E-state index contributed by atoms with van der Waals surface area (Å²) in [6.45, 7) is 12.0. The fourth-order valence-electron chi connectivity index (χ4n) is 8.07. The number of rotatable bonds is 8. The number of nitrogens with one attached hydrogen (secondary N) is 2. The minimum Gasteiger partial charge on any atom is -0.392 e. The van der Waals surface area contributed by atoms with Crippen molar-refractivity contribution in [1.29, 1.82) is 0 Å². The van der Waals surface area contributed by atoms with Crippen molar-refractivity contribution in [1.82, 2.24) is 10.2 Å². The van der Waals surface area contributed by atoms with Crippen molar-refractivity contribution >= 4 is 11.7 Å². The lowest BCUT2D eigenvalue weighted by Crippen LogP contribution is -2.46. The van der Waals surface area contributed by atoms with Gasteiger partial charge in [-0.05, 0) is 58.9 Å². The Labute approximate surface area is 262 Å². The highest BCUT2D eigenvalue weighted by Gasteiger charge is 2.51. The molecule has 2 heterocycles. The number of carbonyl (C=O) groups excluding carboxylic acids is 1. The Balaban J connectivity index is 1.20. The molecule has 234 valence electrons. The summed E-state index contributed by atoms with van der Waals surface area (Å²) in [6.07, 6.45) is 2.94. The number of hydrogen-bond donors (Lipinski definition) is 3. The summed E-state index contributed by atoms with van der Waals surface area (Å²) in [7, 11) is 0. The van der Waals surface area contributed by atoms with Crippen molar-refractivity contribution in [3.8, 4) is 0 Å². The van der Waals surface area contributed by atoms with Gasteiger partial charge in [-0.25, -0.2) is 4.79 Å². The van der Waals surface area contributed by atoms with Crippen LogP contribution >= 0.6 is 0 Å². The van der Waals surface area contributed by atoms with Crippen molar-refractivity contribution in [2.45, 2.75) is 84.6 Å². The van der Waals surface area contributed by atoms with Gasteiger partial charge in [0.15, 0.2) is 6.29 Å². The zero-order valence-electron chi connectivity index (χ0n) is 26.5. The van der Waals surface area contributed by atoms with E-state index in [0.717, 1.165) is 35.3 Å². The number of carbonyl (C=O) groups is 1. The number of hydrogen-bond acceptors (Lipinski definition) is 5. The van der Waals surface area contributed by atoms with E-state index >= 15 is 0 Å². The molecular weight excluding hydrogens is 550 g/mol. The molecule has 2 bridgehead atoms. The molecule has 0 spiro atoms. The predicted molar refractivity (Wildman–Crippen MR) is 173 cm³/mol. The lowest BCUT2D eigenvalue weighted by molar-refractivity contribution is -0.276. The van der Waals surface area contributed by atoms with Gasteiger partial charge in [0.25, 0.3) is 0 Å². The lowest BCUT2D eigenvalue weighted by atomic mass is 9.65. The molecule has 2 unspecified atom stereocenters. The number of aliphatic hydroxyl groups excluding tert-OH is 1. The van der Waals surface area contributed by atoms with E-state index in [1.54, 1.807) is 0 Å². The van der Waals surface area contributed by atoms with Gasteiger partial charge in [0.1, 0.15) is 0 Å². The summed E-state index contributed by atoms with van der Waals surface area (Å²) >= 11 is 0. The second-order valence-corrected chi connectivity index (χ2v) is 14.4. The van der Waals surface area contributed by atoms with Crippen LogP contribution in [-0.2, 0) is 22.6 Å². The minimum absolute atomic E-state index is 0.0138. The van der Waals surface area contributed by atoms with Crippen LogP contribution in [0.3, 0.4) is 0 Å². The van der Waals surface area contributed by atoms with Crippen LogP contribution in [0.1, 0.15) is 81.6 Å². The van der Waals surface area contributed by atoms with Crippen LogP contribution in [0, 0.1) is 16.7 Å². The second-order valence-electron chi connectivity index (χ2n) is 14.4. The first-order valence-corrected chi connectivity index (χ1v) is 16.0. The number of likely N-dealkylation sites (tertiary alicyclic amines) is 1. The third-order valence-electron chi connectivity index (χ3n) is 9.77. The number of ether oxygens (including phenoxy) is 2. The molecule has 6 atom stereocenters. The van der Waals surface area contributed by atoms with E-state index in [2.05, 4.69) is 55.4 Å². The van der Waals surface area contributed by atoms with Crippen molar-refractivity contribution in [2.75, 3.05) is 18.4 Å². The number of aliphatic hydroxyl groups is 1. The Morgan fingerprint density at radius 2 is 1.70 bits per heavy atom. The maximum absolute atomic E-state index is 12.7. The van der Waals surface area contributed by atoms with Crippen LogP contribution in [-0.4, -0.2) is 41.3 Å². The second kappa shape index (κ2) is 12.6. The van der Waals surface area contributed by atoms with Gasteiger partial charge in [-0.1, -0.05) is 94.4 Å². The zero-order valence-corrected chi connectivity index (χ0v) is 26.5. The van der Waals surface area contributed by atoms with Crippen molar-refractivity contribution in [3.05, 3.63) is 101 Å². The molecule has 2 aliphatic heterocycles. The molecule has 3 aliphatic rings. The van der Waals surface area contributed by atoms with Crippen LogP contribution in [0.25, 0.3) is 0 Å². The van der Waals surface area contributed by atoms with Crippen LogP contribution in [0.2, 0.25) is 0 Å². The van der Waals surface area contributed by atoms with Gasteiger partial charge in [0.2, 0.25) is 0 Å². The van der Waals surface area contributed by atoms with E-state index in [1.165, 1.54) is 19.3 Å². The molecule has 0 radical (unpaired) electrons. The van der Waals surface area contributed by atoms with Crippen LogP contribution in [0.4, 0.5) is 10.5 Å². The molecule has 7 heteroatoms. The number of nitrogens with zero attached hydrogens (tertiary/aromatic N) is 1. The molecule has 6 rings (SSSR count). The maximum Gasteiger partial charge on any atom is 0.319 e. The van der Waals surface area contributed by atoms with Gasteiger partial charge in [-0.2, -0.15) is 0 Å². The Bertz CT molecular complexity index is 1430. The summed E-state index contributed by atoms with van der Waals surface area (Å²) in [5, 5.41) is 15.5. The lowest BCUT2D eigenvalue weighted by Gasteiger charge is -2.43. The fraction of sp³-hybridized carbons (Fsp3) is 0.486. The first kappa shape index (κ1) is 30.8. The van der Waals surface area contributed by atoms with Gasteiger partial charge in [0, 0.05) is 42.8 Å². The summed E-state index contributed by atoms with van der Waals surface area (Å²) in [6, 6.07) is 26.0. The highest BCUT2D eigenvalue weighted by Crippen LogP contribution is 2.53. The molecule has 3 aromatic rings. The minimum atomic E-state index is -0.582. The normalized spacial score (nSPS) is 29.7. The van der Waals surface area contributed by atoms with Gasteiger partial charge < -0.3 is 25.2 Å². The number of anilines is 1. The molecule has 1 aliphatic carbocycles. The Morgan fingerprint density at radius 3 is 2.45 bits per heavy atom. The molecule has 0 aromatic heterocycles. The van der Waals surface area contributed by atoms with Gasteiger partial charge in [0.05, 0.1) is 18.8 Å². The number of benzene rings is 3. The van der Waals surface area contributed by atoms with E-state index in [0.29, 0.717) is 29.1 Å².